The lowest BCUT2D eigenvalue weighted by atomic mass is 10.0. The van der Waals surface area contributed by atoms with Crippen LogP contribution in [0.3, 0.4) is 0 Å². The van der Waals surface area contributed by atoms with E-state index < -0.39 is 0 Å². The number of anilines is 1. The van der Waals surface area contributed by atoms with Gasteiger partial charge in [-0.1, -0.05) is 23.4 Å². The molecule has 1 amide bonds. The van der Waals surface area contributed by atoms with Gasteiger partial charge < -0.3 is 31.5 Å². The third kappa shape index (κ3) is 7.69. The van der Waals surface area contributed by atoms with Crippen molar-refractivity contribution >= 4 is 35.0 Å². The van der Waals surface area contributed by atoms with E-state index in [2.05, 4.69) is 20.2 Å². The first-order valence-corrected chi connectivity index (χ1v) is 11.8. The fourth-order valence-corrected chi connectivity index (χ4v) is 4.89. The average Bonchev–Trinajstić information content (AvgIpc) is 2.75. The van der Waals surface area contributed by atoms with Gasteiger partial charge in [-0.3, -0.25) is 9.69 Å². The van der Waals surface area contributed by atoms with Crippen LogP contribution in [0.25, 0.3) is 0 Å². The molecule has 1 aliphatic rings. The largest absolute Gasteiger partial charge is 0.496 e. The smallest absolute Gasteiger partial charge is 0.255 e. The van der Waals surface area contributed by atoms with Crippen molar-refractivity contribution in [1.82, 2.24) is 20.2 Å². The van der Waals surface area contributed by atoms with Crippen LogP contribution >= 0.6 is 23.4 Å². The molecule has 2 aromatic rings. The zero-order valence-electron chi connectivity index (χ0n) is 19.9. The van der Waals surface area contributed by atoms with Gasteiger partial charge >= 0.3 is 0 Å². The number of ether oxygens (including phenoxy) is 2. The quantitative estimate of drug-likeness (QED) is 0.301. The minimum atomic E-state index is -0.258. The van der Waals surface area contributed by atoms with Crippen LogP contribution < -0.4 is 15.8 Å². The third-order valence-corrected chi connectivity index (χ3v) is 6.58. The van der Waals surface area contributed by atoms with Crippen molar-refractivity contribution in [3.05, 3.63) is 40.2 Å². The highest BCUT2D eigenvalue weighted by atomic mass is 35.5. The summed E-state index contributed by atoms with van der Waals surface area (Å²) in [5.41, 5.74) is 8.51. The molecule has 2 heterocycles. The van der Waals surface area contributed by atoms with Crippen molar-refractivity contribution in [2.45, 2.75) is 37.6 Å². The normalized spacial score (nSPS) is 17.9. The Bertz CT molecular complexity index is 947. The summed E-state index contributed by atoms with van der Waals surface area (Å²) in [5.74, 6) is 1.02. The number of aryl methyl sites for hydroxylation is 2. The second kappa shape index (κ2) is 13.7. The Morgan fingerprint density at radius 2 is 1.91 bits per heavy atom. The van der Waals surface area contributed by atoms with E-state index in [4.69, 9.17) is 26.8 Å². The standard InChI is InChI=1S/C22H30ClN5O3S.2H2O/c1-13-9-14(2)26-22(25-13)32-8-7-28-6-5-18(20(12-28)31-4)27-21(29)15-10-16(23)17(24)11-19(15)30-3;;/h9-11,18,20H,5-8,12,24H2,1-4H3,(H,27,29);2*1H2/t18-,20+;;/m0../s1. The molecule has 2 atom stereocenters. The summed E-state index contributed by atoms with van der Waals surface area (Å²) in [5, 5.41) is 4.21. The number of carbonyl (C=O) groups is 1. The molecule has 1 fully saturated rings. The first-order valence-electron chi connectivity index (χ1n) is 10.4. The van der Waals surface area contributed by atoms with Gasteiger partial charge in [0.25, 0.3) is 5.91 Å². The molecule has 1 aliphatic heterocycles. The molecule has 0 bridgehead atoms. The second-order valence-electron chi connectivity index (χ2n) is 7.80. The van der Waals surface area contributed by atoms with Crippen LogP contribution in [0.15, 0.2) is 23.4 Å². The predicted octanol–water partition coefficient (Wildman–Crippen LogP) is 1.30. The summed E-state index contributed by atoms with van der Waals surface area (Å²) in [6, 6.07) is 4.96. The first-order chi connectivity index (χ1) is 15.3. The maximum absolute atomic E-state index is 12.9. The number of aromatic nitrogens is 2. The number of nitrogens with one attached hydrogen (secondary N) is 1. The maximum atomic E-state index is 12.9. The monoisotopic (exact) mass is 515 g/mol. The summed E-state index contributed by atoms with van der Waals surface area (Å²) in [4.78, 5) is 24.2. The van der Waals surface area contributed by atoms with E-state index in [1.807, 2.05) is 19.9 Å². The highest BCUT2D eigenvalue weighted by Gasteiger charge is 2.31. The van der Waals surface area contributed by atoms with Crippen LogP contribution in [0.2, 0.25) is 5.02 Å². The SMILES string of the molecule is COc1cc(N)c(Cl)cc1C(=O)N[C@H]1CCN(CCSc2nc(C)cc(C)n2)C[C@H]1OC.O.O. The Morgan fingerprint density at radius 3 is 2.53 bits per heavy atom. The summed E-state index contributed by atoms with van der Waals surface area (Å²) < 4.78 is 11.0. The van der Waals surface area contributed by atoms with Crippen LogP contribution in [0.5, 0.6) is 5.75 Å². The highest BCUT2D eigenvalue weighted by Crippen LogP contribution is 2.29. The molecule has 10 nitrogen and oxygen atoms in total. The number of thioether (sulfide) groups is 1. The molecule has 1 aromatic heterocycles. The molecule has 190 valence electrons. The molecule has 0 saturated carbocycles. The number of nitrogens with two attached hydrogens (primary N) is 1. The van der Waals surface area contributed by atoms with Gasteiger partial charge in [-0.05, 0) is 32.4 Å². The number of benzene rings is 1. The summed E-state index contributed by atoms with van der Waals surface area (Å²) in [7, 11) is 3.17. The maximum Gasteiger partial charge on any atom is 0.255 e. The van der Waals surface area contributed by atoms with Crippen molar-refractivity contribution in [3.63, 3.8) is 0 Å². The highest BCUT2D eigenvalue weighted by molar-refractivity contribution is 7.99. The molecule has 0 aliphatic carbocycles. The number of halogens is 1. The number of piperidine rings is 1. The Morgan fingerprint density at radius 1 is 1.24 bits per heavy atom. The first kappa shape index (κ1) is 29.9. The van der Waals surface area contributed by atoms with E-state index in [1.54, 1.807) is 24.9 Å². The Kier molecular flexibility index (Phi) is 12.0. The third-order valence-electron chi connectivity index (χ3n) is 5.43. The van der Waals surface area contributed by atoms with Crippen molar-refractivity contribution in [2.24, 2.45) is 0 Å². The number of likely N-dealkylation sites (tertiary alicyclic amines) is 1. The van der Waals surface area contributed by atoms with E-state index in [9.17, 15) is 4.79 Å². The molecular formula is C22H34ClN5O5S. The number of methoxy groups -OCH3 is 2. The van der Waals surface area contributed by atoms with Gasteiger partial charge in [-0.2, -0.15) is 0 Å². The average molecular weight is 516 g/mol. The summed E-state index contributed by atoms with van der Waals surface area (Å²) in [6.07, 6.45) is 0.658. The number of amides is 1. The van der Waals surface area contributed by atoms with Crippen LogP contribution in [0.4, 0.5) is 5.69 Å². The van der Waals surface area contributed by atoms with Gasteiger partial charge in [0, 0.05) is 50.0 Å². The lowest BCUT2D eigenvalue weighted by Crippen LogP contribution is -2.55. The van der Waals surface area contributed by atoms with E-state index in [0.717, 1.165) is 48.4 Å². The molecule has 0 unspecified atom stereocenters. The van der Waals surface area contributed by atoms with Crippen molar-refractivity contribution in [3.8, 4) is 5.75 Å². The molecule has 1 aromatic carbocycles. The second-order valence-corrected chi connectivity index (χ2v) is 9.27. The fraction of sp³-hybridized carbons (Fsp3) is 0.500. The van der Waals surface area contributed by atoms with Crippen LogP contribution in [-0.4, -0.2) is 83.5 Å². The lowest BCUT2D eigenvalue weighted by molar-refractivity contribution is 0.00833. The topological polar surface area (TPSA) is 166 Å². The Labute approximate surface area is 209 Å². The molecule has 0 spiro atoms. The summed E-state index contributed by atoms with van der Waals surface area (Å²) >= 11 is 7.77. The van der Waals surface area contributed by atoms with Crippen LogP contribution in [0, 0.1) is 13.8 Å². The van der Waals surface area contributed by atoms with Crippen LogP contribution in [0.1, 0.15) is 28.2 Å². The van der Waals surface area contributed by atoms with Gasteiger partial charge in [-0.25, -0.2) is 9.97 Å². The minimum Gasteiger partial charge on any atom is -0.496 e. The molecule has 0 radical (unpaired) electrons. The summed E-state index contributed by atoms with van der Waals surface area (Å²) in [6.45, 7) is 6.45. The van der Waals surface area contributed by atoms with Gasteiger partial charge in [0.15, 0.2) is 5.16 Å². The number of hydrogen-bond acceptors (Lipinski definition) is 8. The number of nitrogens with zero attached hydrogens (tertiary/aromatic N) is 3. The van der Waals surface area contributed by atoms with Gasteiger partial charge in [-0.15, -0.1) is 0 Å². The molecule has 34 heavy (non-hydrogen) atoms. The van der Waals surface area contributed by atoms with Crippen molar-refractivity contribution < 1.29 is 25.2 Å². The van der Waals surface area contributed by atoms with Gasteiger partial charge in [0.2, 0.25) is 0 Å². The number of carbonyl (C=O) groups excluding carboxylic acids is 1. The van der Waals surface area contributed by atoms with E-state index in [0.29, 0.717) is 22.0 Å². The van der Waals surface area contributed by atoms with E-state index in [1.165, 1.54) is 13.2 Å². The van der Waals surface area contributed by atoms with Gasteiger partial charge in [0.05, 0.1) is 35.5 Å². The Hall–Kier alpha value is -2.15. The van der Waals surface area contributed by atoms with E-state index in [-0.39, 0.29) is 29.0 Å². The zero-order valence-corrected chi connectivity index (χ0v) is 21.4. The number of nitrogen functional groups attached to an aromatic ring is 1. The molecule has 7 N–H and O–H groups in total. The lowest BCUT2D eigenvalue weighted by Gasteiger charge is -2.38. The Balaban J connectivity index is 0.00000289. The van der Waals surface area contributed by atoms with Crippen molar-refractivity contribution in [2.75, 3.05) is 45.3 Å². The zero-order chi connectivity index (χ0) is 23.3. The molecule has 3 rings (SSSR count). The number of rotatable bonds is 8. The van der Waals surface area contributed by atoms with E-state index >= 15 is 0 Å². The van der Waals surface area contributed by atoms with Crippen LogP contribution in [-0.2, 0) is 4.74 Å². The predicted molar refractivity (Wildman–Crippen MR) is 135 cm³/mol. The molecule has 1 saturated heterocycles. The number of hydrogen-bond donors (Lipinski definition) is 2. The van der Waals surface area contributed by atoms with Gasteiger partial charge in [0.1, 0.15) is 5.75 Å². The van der Waals surface area contributed by atoms with Crippen molar-refractivity contribution in [1.29, 1.82) is 0 Å². The molecule has 12 heteroatoms. The minimum absolute atomic E-state index is 0. The fourth-order valence-electron chi connectivity index (χ4n) is 3.77. The molecular weight excluding hydrogens is 482 g/mol.